The maximum atomic E-state index is 13.0. The zero-order valence-corrected chi connectivity index (χ0v) is 18.7. The lowest BCUT2D eigenvalue weighted by Crippen LogP contribution is -2.24. The zero-order chi connectivity index (χ0) is 21.6. The van der Waals surface area contributed by atoms with Crippen molar-refractivity contribution < 1.29 is 4.79 Å². The Balaban J connectivity index is 1.74. The number of halogens is 3. The second-order valence-electron chi connectivity index (χ2n) is 6.55. The standard InChI is InChI=1S/C20H13Cl3N4O2S/c1-9-3-4-12(22)8-14(9)24-25-17-10(2)26-27(19(17)28)20(29)18-16(23)13-7-11(21)5-6-15(13)30-18/h3-8,26H,1-2H3. The molecule has 30 heavy (non-hydrogen) atoms. The fourth-order valence-electron chi connectivity index (χ4n) is 2.87. The number of H-pyrrole nitrogens is 1. The van der Waals surface area contributed by atoms with E-state index in [9.17, 15) is 9.59 Å². The lowest BCUT2D eigenvalue weighted by atomic mass is 10.2. The van der Waals surface area contributed by atoms with E-state index in [1.54, 1.807) is 43.3 Å². The van der Waals surface area contributed by atoms with Crippen LogP contribution >= 0.6 is 46.1 Å². The van der Waals surface area contributed by atoms with Gasteiger partial charge in [0.2, 0.25) is 0 Å². The van der Waals surface area contributed by atoms with E-state index >= 15 is 0 Å². The van der Waals surface area contributed by atoms with Crippen LogP contribution in [0.5, 0.6) is 0 Å². The van der Waals surface area contributed by atoms with Gasteiger partial charge in [-0.3, -0.25) is 14.7 Å². The third kappa shape index (κ3) is 3.70. The van der Waals surface area contributed by atoms with Crippen molar-refractivity contribution >= 4 is 73.5 Å². The number of benzene rings is 2. The van der Waals surface area contributed by atoms with Gasteiger partial charge in [-0.15, -0.1) is 21.6 Å². The quantitative estimate of drug-likeness (QED) is 0.319. The maximum absolute atomic E-state index is 13.0. The topological polar surface area (TPSA) is 79.6 Å². The fraction of sp³-hybridized carbons (Fsp3) is 0.100. The van der Waals surface area contributed by atoms with Crippen molar-refractivity contribution in [3.05, 3.63) is 78.0 Å². The third-order valence-electron chi connectivity index (χ3n) is 4.46. The van der Waals surface area contributed by atoms with Crippen molar-refractivity contribution in [3.8, 4) is 0 Å². The molecular formula is C20H13Cl3N4O2S. The molecule has 0 radical (unpaired) electrons. The van der Waals surface area contributed by atoms with Crippen LogP contribution in [0.3, 0.4) is 0 Å². The number of hydrogen-bond donors (Lipinski definition) is 1. The number of fused-ring (bicyclic) bond motifs is 1. The summed E-state index contributed by atoms with van der Waals surface area (Å²) in [4.78, 5) is 26.1. The van der Waals surface area contributed by atoms with Crippen LogP contribution in [0, 0.1) is 13.8 Å². The van der Waals surface area contributed by atoms with Gasteiger partial charge in [0.15, 0.2) is 5.69 Å². The summed E-state index contributed by atoms with van der Waals surface area (Å²) in [6, 6.07) is 10.4. The predicted molar refractivity (Wildman–Crippen MR) is 122 cm³/mol. The number of carbonyl (C=O) groups excluding carboxylic acids is 1. The van der Waals surface area contributed by atoms with Crippen molar-refractivity contribution in [1.29, 1.82) is 0 Å². The minimum absolute atomic E-state index is 0.0306. The molecule has 0 saturated heterocycles. The highest BCUT2D eigenvalue weighted by Crippen LogP contribution is 2.37. The highest BCUT2D eigenvalue weighted by molar-refractivity contribution is 7.21. The minimum atomic E-state index is -0.618. The van der Waals surface area contributed by atoms with Crippen molar-refractivity contribution in [1.82, 2.24) is 9.78 Å². The Labute approximate surface area is 189 Å². The highest BCUT2D eigenvalue weighted by Gasteiger charge is 2.23. The smallest absolute Gasteiger partial charge is 0.290 e. The van der Waals surface area contributed by atoms with E-state index in [4.69, 9.17) is 34.8 Å². The van der Waals surface area contributed by atoms with E-state index in [-0.39, 0.29) is 15.6 Å². The maximum Gasteiger partial charge on any atom is 0.302 e. The molecule has 2 aromatic carbocycles. The Bertz CT molecular complexity index is 1400. The largest absolute Gasteiger partial charge is 0.302 e. The van der Waals surface area contributed by atoms with Crippen molar-refractivity contribution in [2.24, 2.45) is 10.2 Å². The van der Waals surface area contributed by atoms with Crippen molar-refractivity contribution in [3.63, 3.8) is 0 Å². The van der Waals surface area contributed by atoms with Gasteiger partial charge in [-0.2, -0.15) is 4.68 Å². The van der Waals surface area contributed by atoms with Gasteiger partial charge >= 0.3 is 5.56 Å². The summed E-state index contributed by atoms with van der Waals surface area (Å²) in [5, 5.41) is 12.9. The summed E-state index contributed by atoms with van der Waals surface area (Å²) in [6.07, 6.45) is 0. The average Bonchev–Trinajstić information content (AvgIpc) is 3.18. The molecule has 0 spiro atoms. The van der Waals surface area contributed by atoms with E-state index in [1.165, 1.54) is 11.3 Å². The van der Waals surface area contributed by atoms with Crippen LogP contribution in [0.25, 0.3) is 10.1 Å². The number of nitrogens with zero attached hydrogens (tertiary/aromatic N) is 3. The molecule has 6 nitrogen and oxygen atoms in total. The molecule has 0 amide bonds. The Morgan fingerprint density at radius 1 is 1.03 bits per heavy atom. The SMILES string of the molecule is Cc1ccc(Cl)cc1N=Nc1c(C)[nH]n(C(=O)c2sc3ccc(Cl)cc3c2Cl)c1=O. The second kappa shape index (κ2) is 8.00. The van der Waals surface area contributed by atoms with Crippen LogP contribution in [0.15, 0.2) is 51.4 Å². The normalized spacial score (nSPS) is 11.6. The second-order valence-corrected chi connectivity index (χ2v) is 8.85. The molecule has 152 valence electrons. The molecule has 0 aliphatic heterocycles. The van der Waals surface area contributed by atoms with E-state index in [2.05, 4.69) is 15.3 Å². The summed E-state index contributed by atoms with van der Waals surface area (Å²) in [7, 11) is 0. The summed E-state index contributed by atoms with van der Waals surface area (Å²) in [6.45, 7) is 3.49. The molecule has 10 heteroatoms. The first-order chi connectivity index (χ1) is 14.3. The lowest BCUT2D eigenvalue weighted by Gasteiger charge is -1.98. The number of carbonyl (C=O) groups is 1. The monoisotopic (exact) mass is 478 g/mol. The number of hydrogen-bond acceptors (Lipinski definition) is 5. The molecule has 0 aliphatic rings. The van der Waals surface area contributed by atoms with E-state index in [0.717, 1.165) is 14.9 Å². The number of aryl methyl sites for hydroxylation is 2. The Kier molecular flexibility index (Phi) is 5.55. The zero-order valence-electron chi connectivity index (χ0n) is 15.7. The molecule has 4 aromatic rings. The first-order valence-corrected chi connectivity index (χ1v) is 10.6. The Hall–Kier alpha value is -2.45. The van der Waals surface area contributed by atoms with Gasteiger partial charge in [0.25, 0.3) is 5.91 Å². The van der Waals surface area contributed by atoms with Crippen LogP contribution in [-0.4, -0.2) is 15.7 Å². The molecule has 4 rings (SSSR count). The van der Waals surface area contributed by atoms with Gasteiger partial charge in [-0.25, -0.2) is 0 Å². The number of thiophene rings is 1. The van der Waals surface area contributed by atoms with Crippen LogP contribution < -0.4 is 5.56 Å². The number of azo groups is 1. The third-order valence-corrected chi connectivity index (χ3v) is 6.59. The summed E-state index contributed by atoms with van der Waals surface area (Å²) < 4.78 is 1.67. The molecule has 0 aliphatic carbocycles. The molecule has 2 aromatic heterocycles. The first kappa shape index (κ1) is 20.8. The lowest BCUT2D eigenvalue weighted by molar-refractivity contribution is 0.0945. The van der Waals surface area contributed by atoms with Gasteiger partial charge in [-0.05, 0) is 49.7 Å². The average molecular weight is 480 g/mol. The number of rotatable bonds is 3. The van der Waals surface area contributed by atoms with Crippen molar-refractivity contribution in [2.75, 3.05) is 0 Å². The van der Waals surface area contributed by atoms with E-state index in [1.807, 2.05) is 6.92 Å². The summed E-state index contributed by atoms with van der Waals surface area (Å²) in [5.74, 6) is -0.578. The Morgan fingerprint density at radius 2 is 1.73 bits per heavy atom. The summed E-state index contributed by atoms with van der Waals surface area (Å²) in [5.41, 5.74) is 1.20. The van der Waals surface area contributed by atoms with E-state index < -0.39 is 11.5 Å². The van der Waals surface area contributed by atoms with Crippen LogP contribution in [0.2, 0.25) is 15.1 Å². The fourth-order valence-corrected chi connectivity index (χ4v) is 4.62. The molecule has 1 N–H and O–H groups in total. The highest BCUT2D eigenvalue weighted by atomic mass is 35.5. The van der Waals surface area contributed by atoms with Gasteiger partial charge in [0.1, 0.15) is 4.88 Å². The number of nitrogens with one attached hydrogen (secondary N) is 1. The molecular weight excluding hydrogens is 467 g/mol. The summed E-state index contributed by atoms with van der Waals surface area (Å²) >= 11 is 19.6. The van der Waals surface area contributed by atoms with Crippen LogP contribution in [0.4, 0.5) is 11.4 Å². The predicted octanol–water partition coefficient (Wildman–Crippen LogP) is 7.07. The molecule has 0 bridgehead atoms. The van der Waals surface area contributed by atoms with Gasteiger partial charge < -0.3 is 0 Å². The molecule has 0 unspecified atom stereocenters. The first-order valence-electron chi connectivity index (χ1n) is 8.68. The Morgan fingerprint density at radius 3 is 2.50 bits per heavy atom. The molecule has 0 saturated carbocycles. The van der Waals surface area contributed by atoms with Gasteiger partial charge in [0.05, 0.1) is 16.4 Å². The molecule has 0 fully saturated rings. The van der Waals surface area contributed by atoms with E-state index in [0.29, 0.717) is 26.8 Å². The number of aromatic nitrogens is 2. The molecule has 0 atom stereocenters. The molecule has 2 heterocycles. The van der Waals surface area contributed by atoms with Crippen LogP contribution in [0.1, 0.15) is 20.9 Å². The van der Waals surface area contributed by atoms with Gasteiger partial charge in [0, 0.05) is 20.1 Å². The number of aromatic amines is 1. The minimum Gasteiger partial charge on any atom is -0.290 e. The van der Waals surface area contributed by atoms with Gasteiger partial charge in [-0.1, -0.05) is 40.9 Å². The van der Waals surface area contributed by atoms with Crippen LogP contribution in [-0.2, 0) is 0 Å². The van der Waals surface area contributed by atoms with Crippen molar-refractivity contribution in [2.45, 2.75) is 13.8 Å².